The zero-order valence-corrected chi connectivity index (χ0v) is 12.6. The van der Waals surface area contributed by atoms with Gasteiger partial charge < -0.3 is 5.32 Å². The highest BCUT2D eigenvalue weighted by Crippen LogP contribution is 2.36. The lowest BCUT2D eigenvalue weighted by Gasteiger charge is -2.19. The van der Waals surface area contributed by atoms with E-state index in [1.807, 2.05) is 23.9 Å². The predicted molar refractivity (Wildman–Crippen MR) is 86.6 cm³/mol. The number of hydrogen-bond acceptors (Lipinski definition) is 2. The first-order valence-corrected chi connectivity index (χ1v) is 7.56. The van der Waals surface area contributed by atoms with Crippen molar-refractivity contribution < 1.29 is 0 Å². The normalized spacial score (nSPS) is 14.4. The molecule has 1 aliphatic rings. The van der Waals surface area contributed by atoms with Crippen LogP contribution in [0, 0.1) is 0 Å². The molecule has 0 amide bonds. The van der Waals surface area contributed by atoms with Crippen molar-refractivity contribution in [1.29, 1.82) is 0 Å². The van der Waals surface area contributed by atoms with Gasteiger partial charge in [-0.15, -0.1) is 0 Å². The van der Waals surface area contributed by atoms with E-state index in [4.69, 9.17) is 16.7 Å². The van der Waals surface area contributed by atoms with Crippen LogP contribution in [0.4, 0.5) is 0 Å². The summed E-state index contributed by atoms with van der Waals surface area (Å²) in [5.74, 6) is 0. The van der Waals surface area contributed by atoms with Gasteiger partial charge in [0, 0.05) is 24.5 Å². The van der Waals surface area contributed by atoms with Crippen molar-refractivity contribution >= 4 is 22.5 Å². The van der Waals surface area contributed by atoms with Crippen LogP contribution in [-0.4, -0.2) is 16.3 Å². The van der Waals surface area contributed by atoms with Gasteiger partial charge in [0.15, 0.2) is 0 Å². The molecule has 0 unspecified atom stereocenters. The van der Waals surface area contributed by atoms with Crippen molar-refractivity contribution in [2.75, 3.05) is 6.54 Å². The van der Waals surface area contributed by atoms with Crippen molar-refractivity contribution in [3.05, 3.63) is 52.5 Å². The number of nitrogens with one attached hydrogen (secondary N) is 1. The molecule has 3 aromatic rings. The molecule has 0 saturated carbocycles. The molecular weight excluding hydrogens is 282 g/mol. The molecule has 2 aromatic carbocycles. The Labute approximate surface area is 128 Å². The van der Waals surface area contributed by atoms with Gasteiger partial charge in [-0.2, -0.15) is 5.10 Å². The molecule has 3 nitrogen and oxygen atoms in total. The molecule has 1 aromatic heterocycles. The zero-order chi connectivity index (χ0) is 14.4. The Bertz CT molecular complexity index is 835. The minimum atomic E-state index is 0.766. The fourth-order valence-corrected chi connectivity index (χ4v) is 3.47. The van der Waals surface area contributed by atoms with Crippen LogP contribution in [-0.2, 0) is 20.0 Å². The first-order chi connectivity index (χ1) is 10.3. The smallest absolute Gasteiger partial charge is 0.102 e. The van der Waals surface area contributed by atoms with E-state index < -0.39 is 0 Å². The second kappa shape index (κ2) is 4.86. The van der Waals surface area contributed by atoms with Gasteiger partial charge in [-0.25, -0.2) is 0 Å². The number of nitrogens with zero attached hydrogens (tertiary/aromatic N) is 2. The Hall–Kier alpha value is -1.84. The Morgan fingerprint density at radius 2 is 2.05 bits per heavy atom. The topological polar surface area (TPSA) is 29.9 Å². The third kappa shape index (κ3) is 1.96. The summed E-state index contributed by atoms with van der Waals surface area (Å²) in [5, 5.41) is 9.98. The van der Waals surface area contributed by atoms with E-state index in [0.29, 0.717) is 0 Å². The van der Waals surface area contributed by atoms with E-state index in [1.54, 1.807) is 0 Å². The molecule has 4 heteroatoms. The van der Waals surface area contributed by atoms with Crippen LogP contribution in [0.3, 0.4) is 0 Å². The van der Waals surface area contributed by atoms with E-state index in [2.05, 4.69) is 29.6 Å². The summed E-state index contributed by atoms with van der Waals surface area (Å²) in [6.07, 6.45) is 1.04. The number of benzene rings is 2. The van der Waals surface area contributed by atoms with Gasteiger partial charge in [0.25, 0.3) is 0 Å². The molecule has 0 atom stereocenters. The molecule has 0 radical (unpaired) electrons. The molecule has 4 rings (SSSR count). The number of fused-ring (bicyclic) bond motifs is 2. The van der Waals surface area contributed by atoms with Crippen molar-refractivity contribution in [1.82, 2.24) is 15.1 Å². The third-order valence-corrected chi connectivity index (χ3v) is 4.54. The van der Waals surface area contributed by atoms with E-state index in [9.17, 15) is 0 Å². The monoisotopic (exact) mass is 297 g/mol. The molecule has 0 saturated heterocycles. The lowest BCUT2D eigenvalue weighted by Crippen LogP contribution is -2.24. The Balaban J connectivity index is 2.04. The average molecular weight is 298 g/mol. The number of aryl methyl sites for hydroxylation is 1. The van der Waals surface area contributed by atoms with Crippen molar-refractivity contribution in [3.63, 3.8) is 0 Å². The predicted octanol–water partition coefficient (Wildman–Crippen LogP) is 3.54. The Morgan fingerprint density at radius 1 is 1.19 bits per heavy atom. The van der Waals surface area contributed by atoms with E-state index in [1.165, 1.54) is 16.7 Å². The fourth-order valence-electron chi connectivity index (χ4n) is 3.21. The first kappa shape index (κ1) is 12.9. The van der Waals surface area contributed by atoms with Gasteiger partial charge in [-0.3, -0.25) is 4.68 Å². The molecular formula is C17H16ClN3. The summed E-state index contributed by atoms with van der Waals surface area (Å²) in [4.78, 5) is 0. The number of rotatable bonds is 1. The molecule has 0 aliphatic carbocycles. The van der Waals surface area contributed by atoms with Crippen LogP contribution in [0.2, 0.25) is 5.02 Å². The molecule has 0 fully saturated rings. The van der Waals surface area contributed by atoms with E-state index in [0.717, 1.165) is 41.1 Å². The minimum Gasteiger partial charge on any atom is -0.312 e. The lowest BCUT2D eigenvalue weighted by atomic mass is 9.93. The average Bonchev–Trinajstić information content (AvgIpc) is 2.85. The van der Waals surface area contributed by atoms with E-state index in [-0.39, 0.29) is 0 Å². The number of hydrogen-bond donors (Lipinski definition) is 1. The highest BCUT2D eigenvalue weighted by atomic mass is 35.5. The SMILES string of the molecule is Cn1nc(-c2cccc3c2CCNC3)c2c(Cl)cccc21. The summed E-state index contributed by atoms with van der Waals surface area (Å²) >= 11 is 6.44. The second-order valence-electron chi connectivity index (χ2n) is 5.48. The minimum absolute atomic E-state index is 0.766. The third-order valence-electron chi connectivity index (χ3n) is 4.22. The van der Waals surface area contributed by atoms with Crippen LogP contribution < -0.4 is 5.32 Å². The molecule has 0 spiro atoms. The first-order valence-electron chi connectivity index (χ1n) is 7.19. The summed E-state index contributed by atoms with van der Waals surface area (Å²) in [6, 6.07) is 12.4. The molecule has 106 valence electrons. The van der Waals surface area contributed by atoms with Gasteiger partial charge in [0.1, 0.15) is 5.69 Å². The second-order valence-corrected chi connectivity index (χ2v) is 5.88. The van der Waals surface area contributed by atoms with Crippen LogP contribution in [0.1, 0.15) is 11.1 Å². The molecule has 1 aliphatic heterocycles. The lowest BCUT2D eigenvalue weighted by molar-refractivity contribution is 0.644. The Kier molecular flexibility index (Phi) is 2.98. The van der Waals surface area contributed by atoms with Crippen molar-refractivity contribution in [2.24, 2.45) is 7.05 Å². The summed E-state index contributed by atoms with van der Waals surface area (Å²) in [7, 11) is 1.97. The number of aromatic nitrogens is 2. The van der Waals surface area contributed by atoms with Gasteiger partial charge >= 0.3 is 0 Å². The van der Waals surface area contributed by atoms with E-state index >= 15 is 0 Å². The molecule has 1 N–H and O–H groups in total. The maximum Gasteiger partial charge on any atom is 0.102 e. The van der Waals surface area contributed by atoms with Gasteiger partial charge in [-0.05, 0) is 36.2 Å². The van der Waals surface area contributed by atoms with Crippen LogP contribution >= 0.6 is 11.6 Å². The Morgan fingerprint density at radius 3 is 2.95 bits per heavy atom. The molecule has 21 heavy (non-hydrogen) atoms. The maximum absolute atomic E-state index is 6.44. The largest absolute Gasteiger partial charge is 0.312 e. The quantitative estimate of drug-likeness (QED) is 0.744. The van der Waals surface area contributed by atoms with Gasteiger partial charge in [0.05, 0.1) is 10.5 Å². The summed E-state index contributed by atoms with van der Waals surface area (Å²) in [6.45, 7) is 1.95. The van der Waals surface area contributed by atoms with Crippen molar-refractivity contribution in [2.45, 2.75) is 13.0 Å². The molecule has 0 bridgehead atoms. The van der Waals surface area contributed by atoms with Gasteiger partial charge in [-0.1, -0.05) is 35.9 Å². The fraction of sp³-hybridized carbons (Fsp3) is 0.235. The summed E-state index contributed by atoms with van der Waals surface area (Å²) < 4.78 is 1.91. The maximum atomic E-state index is 6.44. The highest BCUT2D eigenvalue weighted by Gasteiger charge is 2.19. The van der Waals surface area contributed by atoms with Crippen LogP contribution in [0.5, 0.6) is 0 Å². The van der Waals surface area contributed by atoms with Crippen LogP contribution in [0.15, 0.2) is 36.4 Å². The van der Waals surface area contributed by atoms with Crippen LogP contribution in [0.25, 0.3) is 22.2 Å². The summed E-state index contributed by atoms with van der Waals surface area (Å²) in [5.41, 5.74) is 6.05. The molecule has 2 heterocycles. The zero-order valence-electron chi connectivity index (χ0n) is 11.9. The standard InChI is InChI=1S/C17H16ClN3/c1-21-15-7-3-6-14(18)16(15)17(20-21)13-5-2-4-11-10-19-9-8-12(11)13/h2-7,19H,8-10H2,1H3. The van der Waals surface area contributed by atoms with Crippen molar-refractivity contribution in [3.8, 4) is 11.3 Å². The van der Waals surface area contributed by atoms with Gasteiger partial charge in [0.2, 0.25) is 0 Å². The number of halogens is 1. The highest BCUT2D eigenvalue weighted by molar-refractivity contribution is 6.36.